The summed E-state index contributed by atoms with van der Waals surface area (Å²) in [6.45, 7) is 1.93. The molecule has 1 atom stereocenters. The summed E-state index contributed by atoms with van der Waals surface area (Å²) in [4.78, 5) is 12.1. The summed E-state index contributed by atoms with van der Waals surface area (Å²) in [6.07, 6.45) is 5.71. The Morgan fingerprint density at radius 3 is 2.18 bits per heavy atom. The second-order valence-corrected chi connectivity index (χ2v) is 5.51. The van der Waals surface area contributed by atoms with Gasteiger partial charge in [0.05, 0.1) is 5.41 Å². The van der Waals surface area contributed by atoms with Crippen LogP contribution in [0, 0.1) is 0 Å². The lowest BCUT2D eigenvalue weighted by Crippen LogP contribution is -2.36. The molecule has 0 spiro atoms. The molecule has 0 aromatic heterocycles. The standard InChI is InChI=1S/C20H22O2/c1-2-3-15-20(19(21)22,18-12-8-5-9-13-18)16-14-17-10-6-4-7-11-17/h2-13H,14-16H2,1H3,(H,21,22). The molecular formula is C20H22O2. The lowest BCUT2D eigenvalue weighted by Gasteiger charge is -2.29. The first kappa shape index (κ1) is 16.0. The molecule has 2 heteroatoms. The Morgan fingerprint density at radius 2 is 1.64 bits per heavy atom. The van der Waals surface area contributed by atoms with Crippen LogP contribution in [0.1, 0.15) is 30.9 Å². The second kappa shape index (κ2) is 7.60. The Labute approximate surface area is 132 Å². The normalized spacial score (nSPS) is 13.9. The second-order valence-electron chi connectivity index (χ2n) is 5.51. The summed E-state index contributed by atoms with van der Waals surface area (Å²) < 4.78 is 0. The van der Waals surface area contributed by atoms with Crippen LogP contribution in [0.15, 0.2) is 72.8 Å². The minimum absolute atomic E-state index is 0.510. The van der Waals surface area contributed by atoms with Gasteiger partial charge in [-0.15, -0.1) is 0 Å². The van der Waals surface area contributed by atoms with E-state index in [9.17, 15) is 9.90 Å². The third-order valence-electron chi connectivity index (χ3n) is 4.12. The number of carboxylic acid groups (broad SMARTS) is 1. The molecule has 1 unspecified atom stereocenters. The number of aliphatic carboxylic acids is 1. The number of carboxylic acids is 1. The third kappa shape index (κ3) is 3.64. The highest BCUT2D eigenvalue weighted by Crippen LogP contribution is 2.34. The Bertz CT molecular complexity index is 617. The van der Waals surface area contributed by atoms with Crippen LogP contribution in [-0.2, 0) is 16.6 Å². The van der Waals surface area contributed by atoms with Crippen LogP contribution < -0.4 is 0 Å². The van der Waals surface area contributed by atoms with Crippen molar-refractivity contribution < 1.29 is 9.90 Å². The molecule has 0 amide bonds. The maximum absolute atomic E-state index is 12.1. The fraction of sp³-hybridized carbons (Fsp3) is 0.250. The summed E-state index contributed by atoms with van der Waals surface area (Å²) in [5.74, 6) is -0.757. The van der Waals surface area contributed by atoms with Gasteiger partial charge in [0.1, 0.15) is 0 Å². The summed E-state index contributed by atoms with van der Waals surface area (Å²) in [6, 6.07) is 19.6. The molecule has 0 aliphatic rings. The molecule has 0 radical (unpaired) electrons. The highest BCUT2D eigenvalue weighted by molar-refractivity contribution is 5.81. The first-order valence-electron chi connectivity index (χ1n) is 7.63. The van der Waals surface area contributed by atoms with E-state index in [1.165, 1.54) is 5.56 Å². The minimum atomic E-state index is -0.871. The van der Waals surface area contributed by atoms with Crippen LogP contribution in [-0.4, -0.2) is 11.1 Å². The zero-order valence-electron chi connectivity index (χ0n) is 12.9. The predicted octanol–water partition coefficient (Wildman–Crippen LogP) is 4.61. The van der Waals surface area contributed by atoms with Crippen molar-refractivity contribution in [3.63, 3.8) is 0 Å². The van der Waals surface area contributed by atoms with E-state index in [1.807, 2.05) is 79.7 Å². The average Bonchev–Trinajstić information content (AvgIpc) is 2.57. The van der Waals surface area contributed by atoms with Crippen LogP contribution in [0.5, 0.6) is 0 Å². The van der Waals surface area contributed by atoms with E-state index in [0.29, 0.717) is 12.8 Å². The fourth-order valence-electron chi connectivity index (χ4n) is 2.76. The van der Waals surface area contributed by atoms with Crippen molar-refractivity contribution in [2.45, 2.75) is 31.6 Å². The van der Waals surface area contributed by atoms with Crippen LogP contribution >= 0.6 is 0 Å². The number of hydrogen-bond donors (Lipinski definition) is 1. The lowest BCUT2D eigenvalue weighted by atomic mass is 9.73. The van der Waals surface area contributed by atoms with E-state index < -0.39 is 11.4 Å². The molecule has 1 N–H and O–H groups in total. The first-order valence-corrected chi connectivity index (χ1v) is 7.63. The van der Waals surface area contributed by atoms with Gasteiger partial charge in [0.25, 0.3) is 0 Å². The van der Waals surface area contributed by atoms with E-state index >= 15 is 0 Å². The molecule has 114 valence electrons. The van der Waals surface area contributed by atoms with Gasteiger partial charge in [-0.3, -0.25) is 4.79 Å². The topological polar surface area (TPSA) is 37.3 Å². The molecule has 2 rings (SSSR count). The highest BCUT2D eigenvalue weighted by atomic mass is 16.4. The van der Waals surface area contributed by atoms with Crippen molar-refractivity contribution in [1.29, 1.82) is 0 Å². The van der Waals surface area contributed by atoms with Crippen LogP contribution in [0.3, 0.4) is 0 Å². The predicted molar refractivity (Wildman–Crippen MR) is 89.9 cm³/mol. The summed E-state index contributed by atoms with van der Waals surface area (Å²) in [7, 11) is 0. The van der Waals surface area contributed by atoms with Gasteiger partial charge in [-0.1, -0.05) is 72.8 Å². The van der Waals surface area contributed by atoms with Gasteiger partial charge in [-0.2, -0.15) is 0 Å². The third-order valence-corrected chi connectivity index (χ3v) is 4.12. The fourth-order valence-corrected chi connectivity index (χ4v) is 2.76. The lowest BCUT2D eigenvalue weighted by molar-refractivity contribution is -0.144. The Morgan fingerprint density at radius 1 is 1.05 bits per heavy atom. The summed E-state index contributed by atoms with van der Waals surface area (Å²) in [5, 5.41) is 9.95. The zero-order chi connectivity index (χ0) is 15.8. The smallest absolute Gasteiger partial charge is 0.314 e. The van der Waals surface area contributed by atoms with E-state index in [1.54, 1.807) is 0 Å². The van der Waals surface area contributed by atoms with Gasteiger partial charge in [0.15, 0.2) is 0 Å². The van der Waals surface area contributed by atoms with E-state index in [0.717, 1.165) is 12.0 Å². The number of carbonyl (C=O) groups is 1. The molecule has 0 saturated carbocycles. The van der Waals surface area contributed by atoms with Gasteiger partial charge in [0, 0.05) is 0 Å². The summed E-state index contributed by atoms with van der Waals surface area (Å²) >= 11 is 0. The maximum Gasteiger partial charge on any atom is 0.314 e. The van der Waals surface area contributed by atoms with Crippen molar-refractivity contribution in [2.24, 2.45) is 0 Å². The molecule has 0 fully saturated rings. The number of aryl methyl sites for hydroxylation is 1. The Hall–Kier alpha value is -2.35. The number of benzene rings is 2. The average molecular weight is 294 g/mol. The largest absolute Gasteiger partial charge is 0.481 e. The maximum atomic E-state index is 12.1. The van der Waals surface area contributed by atoms with Crippen molar-refractivity contribution in [3.05, 3.63) is 83.9 Å². The SMILES string of the molecule is CC=CCC(CCc1ccccc1)(C(=O)O)c1ccccc1. The van der Waals surface area contributed by atoms with Crippen molar-refractivity contribution in [1.82, 2.24) is 0 Å². The van der Waals surface area contributed by atoms with Gasteiger partial charge >= 0.3 is 5.97 Å². The minimum Gasteiger partial charge on any atom is -0.481 e. The zero-order valence-corrected chi connectivity index (χ0v) is 12.9. The Kier molecular flexibility index (Phi) is 5.54. The van der Waals surface area contributed by atoms with Crippen LogP contribution in [0.25, 0.3) is 0 Å². The number of hydrogen-bond acceptors (Lipinski definition) is 1. The highest BCUT2D eigenvalue weighted by Gasteiger charge is 2.38. The van der Waals surface area contributed by atoms with E-state index in [4.69, 9.17) is 0 Å². The number of allylic oxidation sites excluding steroid dienone is 2. The van der Waals surface area contributed by atoms with Gasteiger partial charge in [-0.25, -0.2) is 0 Å². The molecule has 0 aliphatic heterocycles. The van der Waals surface area contributed by atoms with Crippen molar-refractivity contribution >= 4 is 5.97 Å². The monoisotopic (exact) mass is 294 g/mol. The van der Waals surface area contributed by atoms with Gasteiger partial charge in [-0.05, 0) is 37.3 Å². The molecular weight excluding hydrogens is 272 g/mol. The van der Waals surface area contributed by atoms with E-state index in [-0.39, 0.29) is 0 Å². The molecule has 2 aromatic carbocycles. The molecule has 0 bridgehead atoms. The van der Waals surface area contributed by atoms with Crippen molar-refractivity contribution in [3.8, 4) is 0 Å². The molecule has 0 heterocycles. The van der Waals surface area contributed by atoms with Gasteiger partial charge in [0.2, 0.25) is 0 Å². The van der Waals surface area contributed by atoms with Crippen LogP contribution in [0.4, 0.5) is 0 Å². The summed E-state index contributed by atoms with van der Waals surface area (Å²) in [5.41, 5.74) is 1.17. The molecule has 22 heavy (non-hydrogen) atoms. The molecule has 2 nitrogen and oxygen atoms in total. The van der Waals surface area contributed by atoms with Crippen molar-refractivity contribution in [2.75, 3.05) is 0 Å². The Balaban J connectivity index is 2.33. The van der Waals surface area contributed by atoms with E-state index in [2.05, 4.69) is 0 Å². The van der Waals surface area contributed by atoms with Gasteiger partial charge < -0.3 is 5.11 Å². The molecule has 2 aromatic rings. The first-order chi connectivity index (χ1) is 10.7. The van der Waals surface area contributed by atoms with Crippen LogP contribution in [0.2, 0.25) is 0 Å². The molecule has 0 aliphatic carbocycles. The molecule has 0 saturated heterocycles. The number of rotatable bonds is 7. The quantitative estimate of drug-likeness (QED) is 0.757.